The summed E-state index contributed by atoms with van der Waals surface area (Å²) in [6.07, 6.45) is 3.58. The van der Waals surface area contributed by atoms with Crippen LogP contribution in [-0.4, -0.2) is 10.2 Å². The number of nitrogens with zero attached hydrogens (tertiary/aromatic N) is 2. The lowest BCUT2D eigenvalue weighted by Gasteiger charge is -2.06. The number of ether oxygens (including phenoxy) is 1. The van der Waals surface area contributed by atoms with Crippen molar-refractivity contribution in [1.29, 1.82) is 5.26 Å². The highest BCUT2D eigenvalue weighted by molar-refractivity contribution is 6.30. The first-order valence-corrected chi connectivity index (χ1v) is 8.15. The first-order valence-electron chi connectivity index (χ1n) is 7.78. The Balaban J connectivity index is 1.83. The van der Waals surface area contributed by atoms with Gasteiger partial charge in [-0.2, -0.15) is 10.4 Å². The molecular weight excluding hydrogens is 350 g/mol. The summed E-state index contributed by atoms with van der Waals surface area (Å²) in [5, 5.41) is 16.0. The molecule has 128 valence electrons. The normalized spacial score (nSPS) is 10.7. The number of aromatic amines is 1. The Morgan fingerprint density at radius 2 is 1.92 bits per heavy atom. The Kier molecular flexibility index (Phi) is 5.16. The summed E-state index contributed by atoms with van der Waals surface area (Å²) < 4.78 is 5.80. The fraction of sp³-hybridized carbons (Fsp3) is 0.0500. The number of nitrogens with one attached hydrogen (secondary N) is 1. The largest absolute Gasteiger partial charge is 0.457 e. The van der Waals surface area contributed by atoms with Crippen LogP contribution in [0.4, 0.5) is 0 Å². The molecule has 6 heteroatoms. The monoisotopic (exact) mass is 363 g/mol. The molecule has 0 aliphatic carbocycles. The van der Waals surface area contributed by atoms with Gasteiger partial charge in [-0.25, -0.2) is 5.10 Å². The summed E-state index contributed by atoms with van der Waals surface area (Å²) in [6.45, 7) is 1.69. The highest BCUT2D eigenvalue weighted by Crippen LogP contribution is 2.24. The van der Waals surface area contributed by atoms with Gasteiger partial charge in [0.05, 0.1) is 5.69 Å². The van der Waals surface area contributed by atoms with Crippen LogP contribution in [0.25, 0.3) is 12.2 Å². The van der Waals surface area contributed by atoms with Gasteiger partial charge < -0.3 is 4.74 Å². The highest BCUT2D eigenvalue weighted by Gasteiger charge is 2.07. The minimum Gasteiger partial charge on any atom is -0.457 e. The molecule has 0 aliphatic heterocycles. The van der Waals surface area contributed by atoms with Crippen molar-refractivity contribution in [3.8, 4) is 17.6 Å². The molecule has 1 heterocycles. The van der Waals surface area contributed by atoms with E-state index in [1.807, 2.05) is 36.4 Å². The van der Waals surface area contributed by atoms with Crippen LogP contribution in [0.3, 0.4) is 0 Å². The molecule has 0 aliphatic rings. The first kappa shape index (κ1) is 17.5. The van der Waals surface area contributed by atoms with Crippen molar-refractivity contribution in [3.63, 3.8) is 0 Å². The predicted octanol–water partition coefficient (Wildman–Crippen LogP) is 4.57. The van der Waals surface area contributed by atoms with Gasteiger partial charge in [-0.05, 0) is 60.5 Å². The van der Waals surface area contributed by atoms with Crippen molar-refractivity contribution in [1.82, 2.24) is 10.2 Å². The molecule has 0 amide bonds. The molecule has 3 aromatic rings. The summed E-state index contributed by atoms with van der Waals surface area (Å²) >= 11 is 5.87. The SMILES string of the molecule is Cc1c(C=Cc2cccc(Oc3ccc(Cl)cc3)c2)n[nH]c(=O)c1C#N. The number of hydrogen-bond acceptors (Lipinski definition) is 4. The quantitative estimate of drug-likeness (QED) is 0.736. The number of aromatic nitrogens is 2. The van der Waals surface area contributed by atoms with Crippen LogP contribution >= 0.6 is 11.6 Å². The van der Waals surface area contributed by atoms with E-state index in [1.54, 1.807) is 37.3 Å². The molecule has 0 unspecified atom stereocenters. The molecule has 26 heavy (non-hydrogen) atoms. The van der Waals surface area contributed by atoms with Gasteiger partial charge in [-0.1, -0.05) is 29.8 Å². The molecule has 0 saturated heterocycles. The summed E-state index contributed by atoms with van der Waals surface area (Å²) in [4.78, 5) is 11.5. The van der Waals surface area contributed by atoms with Crippen LogP contribution in [0.15, 0.2) is 53.3 Å². The minimum atomic E-state index is -0.486. The first-order chi connectivity index (χ1) is 12.6. The van der Waals surface area contributed by atoms with E-state index in [4.69, 9.17) is 21.6 Å². The molecule has 0 bridgehead atoms. The number of rotatable bonds is 4. The van der Waals surface area contributed by atoms with Gasteiger partial charge in [-0.15, -0.1) is 0 Å². The number of benzene rings is 2. The number of halogens is 1. The van der Waals surface area contributed by atoms with E-state index in [9.17, 15) is 4.79 Å². The molecule has 1 aromatic heterocycles. The molecule has 5 nitrogen and oxygen atoms in total. The van der Waals surface area contributed by atoms with Gasteiger partial charge in [0.25, 0.3) is 5.56 Å². The van der Waals surface area contributed by atoms with Gasteiger partial charge in [0.15, 0.2) is 0 Å². The number of hydrogen-bond donors (Lipinski definition) is 1. The zero-order valence-corrected chi connectivity index (χ0v) is 14.6. The fourth-order valence-corrected chi connectivity index (χ4v) is 2.47. The second-order valence-corrected chi connectivity index (χ2v) is 5.95. The third-order valence-electron chi connectivity index (χ3n) is 3.72. The van der Waals surface area contributed by atoms with Crippen LogP contribution in [0.5, 0.6) is 11.5 Å². The minimum absolute atomic E-state index is 0.0690. The lowest BCUT2D eigenvalue weighted by atomic mass is 10.1. The predicted molar refractivity (Wildman–Crippen MR) is 101 cm³/mol. The fourth-order valence-electron chi connectivity index (χ4n) is 2.34. The van der Waals surface area contributed by atoms with Crippen molar-refractivity contribution in [2.45, 2.75) is 6.92 Å². The second kappa shape index (κ2) is 7.68. The Morgan fingerprint density at radius 3 is 2.65 bits per heavy atom. The van der Waals surface area contributed by atoms with Crippen molar-refractivity contribution in [3.05, 3.63) is 86.3 Å². The Bertz CT molecular complexity index is 1060. The van der Waals surface area contributed by atoms with Crippen molar-refractivity contribution >= 4 is 23.8 Å². The van der Waals surface area contributed by atoms with Gasteiger partial charge in [-0.3, -0.25) is 4.79 Å². The highest BCUT2D eigenvalue weighted by atomic mass is 35.5. The molecule has 0 radical (unpaired) electrons. The maximum atomic E-state index is 11.5. The van der Waals surface area contributed by atoms with Gasteiger partial charge in [0.1, 0.15) is 23.1 Å². The molecule has 0 fully saturated rings. The molecular formula is C20H14ClN3O2. The zero-order valence-electron chi connectivity index (χ0n) is 13.9. The summed E-state index contributed by atoms with van der Waals surface area (Å²) in [5.74, 6) is 1.37. The van der Waals surface area contributed by atoms with Gasteiger partial charge in [0.2, 0.25) is 0 Å². The van der Waals surface area contributed by atoms with Crippen molar-refractivity contribution in [2.24, 2.45) is 0 Å². The smallest absolute Gasteiger partial charge is 0.282 e. The summed E-state index contributed by atoms with van der Waals surface area (Å²) in [6, 6.07) is 16.5. The average molecular weight is 364 g/mol. The maximum absolute atomic E-state index is 11.5. The van der Waals surface area contributed by atoms with E-state index in [-0.39, 0.29) is 5.56 Å². The third-order valence-corrected chi connectivity index (χ3v) is 3.97. The van der Waals surface area contributed by atoms with Crippen molar-refractivity contribution < 1.29 is 4.74 Å². The van der Waals surface area contributed by atoms with Gasteiger partial charge >= 0.3 is 0 Å². The van der Waals surface area contributed by atoms with Crippen LogP contribution in [-0.2, 0) is 0 Å². The Morgan fingerprint density at radius 1 is 1.15 bits per heavy atom. The van der Waals surface area contributed by atoms with Crippen LogP contribution in [0.1, 0.15) is 22.4 Å². The Labute approximate surface area is 155 Å². The van der Waals surface area contributed by atoms with E-state index >= 15 is 0 Å². The van der Waals surface area contributed by atoms with Crippen LogP contribution in [0.2, 0.25) is 5.02 Å². The molecule has 0 spiro atoms. The third kappa shape index (κ3) is 4.00. The van der Waals surface area contributed by atoms with E-state index in [0.29, 0.717) is 27.8 Å². The topological polar surface area (TPSA) is 78.8 Å². The molecule has 1 N–H and O–H groups in total. The van der Waals surface area contributed by atoms with E-state index in [2.05, 4.69) is 10.2 Å². The zero-order chi connectivity index (χ0) is 18.5. The summed E-state index contributed by atoms with van der Waals surface area (Å²) in [5.41, 5.74) is 1.55. The second-order valence-electron chi connectivity index (χ2n) is 5.51. The van der Waals surface area contributed by atoms with Crippen LogP contribution < -0.4 is 10.3 Å². The van der Waals surface area contributed by atoms with E-state index in [1.165, 1.54) is 0 Å². The number of nitriles is 1. The molecule has 0 saturated carbocycles. The van der Waals surface area contributed by atoms with Crippen LogP contribution in [0, 0.1) is 18.3 Å². The van der Waals surface area contributed by atoms with Crippen molar-refractivity contribution in [2.75, 3.05) is 0 Å². The maximum Gasteiger partial charge on any atom is 0.282 e. The molecule has 3 rings (SSSR count). The number of H-pyrrole nitrogens is 1. The summed E-state index contributed by atoms with van der Waals surface area (Å²) in [7, 11) is 0. The van der Waals surface area contributed by atoms with Gasteiger partial charge in [0, 0.05) is 5.02 Å². The van der Waals surface area contributed by atoms with E-state index in [0.717, 1.165) is 5.56 Å². The molecule has 0 atom stereocenters. The Hall–Kier alpha value is -3.36. The molecule has 2 aromatic carbocycles. The van der Waals surface area contributed by atoms with E-state index < -0.39 is 5.56 Å². The lowest BCUT2D eigenvalue weighted by molar-refractivity contribution is 0.482. The standard InChI is InChI=1S/C20H14ClN3O2/c1-13-18(12-22)20(25)24-23-19(13)10-5-14-3-2-4-17(11-14)26-16-8-6-15(21)7-9-16/h2-11H,1H3,(H,24,25). The average Bonchev–Trinajstić information content (AvgIpc) is 2.64. The lowest BCUT2D eigenvalue weighted by Crippen LogP contribution is -2.15.